The first-order chi connectivity index (χ1) is 7.24. The minimum Gasteiger partial charge on any atom is -0.321 e. The second-order valence-corrected chi connectivity index (χ2v) is 3.56. The fraction of sp³-hybridized carbons (Fsp3) is 0.273. The van der Waals surface area contributed by atoms with Crippen molar-refractivity contribution in [3.63, 3.8) is 0 Å². The predicted octanol–water partition coefficient (Wildman–Crippen LogP) is 2.13. The molecule has 1 saturated carbocycles. The summed E-state index contributed by atoms with van der Waals surface area (Å²) in [5.41, 5.74) is 0.502. The van der Waals surface area contributed by atoms with Gasteiger partial charge in [0.15, 0.2) is 0 Å². The minimum absolute atomic E-state index is 0.199. The van der Waals surface area contributed by atoms with Crippen molar-refractivity contribution >= 4 is 11.6 Å². The fourth-order valence-corrected chi connectivity index (χ4v) is 1.15. The van der Waals surface area contributed by atoms with Crippen LogP contribution in [0.15, 0.2) is 30.5 Å². The number of hydrogen-bond donors (Lipinski definition) is 1. The van der Waals surface area contributed by atoms with Crippen LogP contribution in [0, 0.1) is 11.9 Å². The zero-order valence-corrected chi connectivity index (χ0v) is 8.11. The Bertz CT molecular complexity index is 382. The van der Waals surface area contributed by atoms with Crippen LogP contribution < -0.4 is 5.32 Å². The van der Waals surface area contributed by atoms with E-state index in [1.165, 1.54) is 37.2 Å². The van der Waals surface area contributed by atoms with Crippen LogP contribution in [-0.4, -0.2) is 10.9 Å². The van der Waals surface area contributed by atoms with Gasteiger partial charge in [-0.3, -0.25) is 4.79 Å². The maximum Gasteiger partial charge on any atom is 0.248 e. The quantitative estimate of drug-likeness (QED) is 0.608. The Morgan fingerprint density at radius 2 is 2.33 bits per heavy atom. The van der Waals surface area contributed by atoms with Crippen molar-refractivity contribution in [1.82, 2.24) is 4.98 Å². The molecule has 1 heterocycles. The molecule has 0 atom stereocenters. The zero-order chi connectivity index (χ0) is 10.7. The lowest BCUT2D eigenvalue weighted by molar-refractivity contribution is -0.111. The molecule has 4 heteroatoms. The standard InChI is InChI=1S/C11H11FN2O/c12-10-5-4-9(7-13-10)14-11(15)6-3-8-1-2-8/h3-8H,1-2H2,(H,14,15)/b6-3+. The average molecular weight is 206 g/mol. The second-order valence-electron chi connectivity index (χ2n) is 3.56. The molecule has 1 fully saturated rings. The molecule has 0 aromatic carbocycles. The molecule has 2 rings (SSSR count). The lowest BCUT2D eigenvalue weighted by Crippen LogP contribution is -2.08. The molecule has 1 aromatic heterocycles. The van der Waals surface area contributed by atoms with Gasteiger partial charge in [0.05, 0.1) is 11.9 Å². The minimum atomic E-state index is -0.554. The Morgan fingerprint density at radius 3 is 2.93 bits per heavy atom. The van der Waals surface area contributed by atoms with Crippen molar-refractivity contribution in [3.8, 4) is 0 Å². The van der Waals surface area contributed by atoms with E-state index in [9.17, 15) is 9.18 Å². The van der Waals surface area contributed by atoms with E-state index in [1.807, 2.05) is 6.08 Å². The van der Waals surface area contributed by atoms with Gasteiger partial charge in [-0.1, -0.05) is 6.08 Å². The first-order valence-electron chi connectivity index (χ1n) is 4.85. The molecule has 3 nitrogen and oxygen atoms in total. The third-order valence-corrected chi connectivity index (χ3v) is 2.14. The molecule has 0 spiro atoms. The second kappa shape index (κ2) is 4.21. The number of allylic oxidation sites excluding steroid dienone is 1. The zero-order valence-electron chi connectivity index (χ0n) is 8.11. The number of nitrogens with zero attached hydrogens (tertiary/aromatic N) is 1. The number of rotatable bonds is 3. The Labute approximate surface area is 87.0 Å². The van der Waals surface area contributed by atoms with E-state index in [0.29, 0.717) is 11.6 Å². The van der Waals surface area contributed by atoms with Gasteiger partial charge in [-0.05, 0) is 37.0 Å². The van der Waals surface area contributed by atoms with E-state index >= 15 is 0 Å². The van der Waals surface area contributed by atoms with Gasteiger partial charge in [0.25, 0.3) is 0 Å². The number of nitrogens with one attached hydrogen (secondary N) is 1. The van der Waals surface area contributed by atoms with Gasteiger partial charge >= 0.3 is 0 Å². The summed E-state index contributed by atoms with van der Waals surface area (Å²) in [5.74, 6) is -0.182. The number of hydrogen-bond acceptors (Lipinski definition) is 2. The van der Waals surface area contributed by atoms with E-state index in [0.717, 1.165) is 0 Å². The molecular weight excluding hydrogens is 195 g/mol. The molecule has 0 unspecified atom stereocenters. The van der Waals surface area contributed by atoms with Crippen LogP contribution in [0.5, 0.6) is 0 Å². The summed E-state index contributed by atoms with van der Waals surface area (Å²) in [7, 11) is 0. The molecule has 1 aliphatic rings. The third-order valence-electron chi connectivity index (χ3n) is 2.14. The number of amides is 1. The van der Waals surface area contributed by atoms with Crippen LogP contribution in [0.4, 0.5) is 10.1 Å². The molecule has 0 bridgehead atoms. The van der Waals surface area contributed by atoms with Crippen LogP contribution in [0.2, 0.25) is 0 Å². The number of halogens is 1. The fourth-order valence-electron chi connectivity index (χ4n) is 1.15. The third kappa shape index (κ3) is 3.16. The first-order valence-corrected chi connectivity index (χ1v) is 4.85. The van der Waals surface area contributed by atoms with Gasteiger partial charge in [-0.25, -0.2) is 4.98 Å². The van der Waals surface area contributed by atoms with Crippen LogP contribution in [-0.2, 0) is 4.79 Å². The number of anilines is 1. The Morgan fingerprint density at radius 1 is 1.53 bits per heavy atom. The SMILES string of the molecule is O=C(/C=C/C1CC1)Nc1ccc(F)nc1. The van der Waals surface area contributed by atoms with Crippen molar-refractivity contribution in [3.05, 3.63) is 36.4 Å². The lowest BCUT2D eigenvalue weighted by Gasteiger charge is -2.00. The summed E-state index contributed by atoms with van der Waals surface area (Å²) in [5, 5.41) is 2.60. The van der Waals surface area contributed by atoms with Gasteiger partial charge in [-0.2, -0.15) is 4.39 Å². The monoisotopic (exact) mass is 206 g/mol. The lowest BCUT2D eigenvalue weighted by atomic mass is 10.3. The smallest absolute Gasteiger partial charge is 0.248 e. The van der Waals surface area contributed by atoms with Gasteiger partial charge in [-0.15, -0.1) is 0 Å². The topological polar surface area (TPSA) is 42.0 Å². The normalized spacial score (nSPS) is 15.5. The summed E-state index contributed by atoms with van der Waals surface area (Å²) in [6.45, 7) is 0. The van der Waals surface area contributed by atoms with Crippen molar-refractivity contribution in [1.29, 1.82) is 0 Å². The van der Waals surface area contributed by atoms with Gasteiger partial charge in [0.2, 0.25) is 11.9 Å². The maximum atomic E-state index is 12.4. The first kappa shape index (κ1) is 9.83. The van der Waals surface area contributed by atoms with Crippen molar-refractivity contribution in [2.75, 3.05) is 5.32 Å². The summed E-state index contributed by atoms with van der Waals surface area (Å²) in [4.78, 5) is 14.7. The highest BCUT2D eigenvalue weighted by atomic mass is 19.1. The van der Waals surface area contributed by atoms with Gasteiger partial charge < -0.3 is 5.32 Å². The van der Waals surface area contributed by atoms with Crippen LogP contribution in [0.25, 0.3) is 0 Å². The van der Waals surface area contributed by atoms with E-state index in [-0.39, 0.29) is 5.91 Å². The molecular formula is C11H11FN2O. The summed E-state index contributed by atoms with van der Waals surface area (Å²) in [6, 6.07) is 2.69. The highest BCUT2D eigenvalue weighted by Crippen LogP contribution is 2.29. The molecule has 1 amide bonds. The van der Waals surface area contributed by atoms with Crippen LogP contribution >= 0.6 is 0 Å². The molecule has 0 saturated heterocycles. The predicted molar refractivity (Wildman–Crippen MR) is 54.7 cm³/mol. The van der Waals surface area contributed by atoms with Gasteiger partial charge in [0, 0.05) is 0 Å². The van der Waals surface area contributed by atoms with Crippen molar-refractivity contribution in [2.24, 2.45) is 5.92 Å². The Hall–Kier alpha value is -1.71. The maximum absolute atomic E-state index is 12.4. The molecule has 1 aromatic rings. The van der Waals surface area contributed by atoms with E-state index < -0.39 is 5.95 Å². The van der Waals surface area contributed by atoms with Crippen LogP contribution in [0.3, 0.4) is 0 Å². The van der Waals surface area contributed by atoms with Crippen molar-refractivity contribution in [2.45, 2.75) is 12.8 Å². The van der Waals surface area contributed by atoms with Gasteiger partial charge in [0.1, 0.15) is 0 Å². The van der Waals surface area contributed by atoms with Crippen LogP contribution in [0.1, 0.15) is 12.8 Å². The molecule has 0 radical (unpaired) electrons. The highest BCUT2D eigenvalue weighted by molar-refractivity contribution is 5.99. The largest absolute Gasteiger partial charge is 0.321 e. The Balaban J connectivity index is 1.90. The summed E-state index contributed by atoms with van der Waals surface area (Å²) >= 11 is 0. The molecule has 1 N–H and O–H groups in total. The number of pyridine rings is 1. The number of carbonyl (C=O) groups is 1. The Kier molecular flexibility index (Phi) is 2.76. The molecule has 1 aliphatic carbocycles. The van der Waals surface area contributed by atoms with E-state index in [4.69, 9.17) is 0 Å². The van der Waals surface area contributed by atoms with E-state index in [1.54, 1.807) is 0 Å². The highest BCUT2D eigenvalue weighted by Gasteiger charge is 2.17. The summed E-state index contributed by atoms with van der Waals surface area (Å²) in [6.07, 6.45) is 7.04. The number of aromatic nitrogens is 1. The number of carbonyl (C=O) groups excluding carboxylic acids is 1. The van der Waals surface area contributed by atoms with E-state index in [2.05, 4.69) is 10.3 Å². The average Bonchev–Trinajstić information content (AvgIpc) is 3.02. The molecule has 0 aliphatic heterocycles. The molecule has 15 heavy (non-hydrogen) atoms. The van der Waals surface area contributed by atoms with Crippen molar-refractivity contribution < 1.29 is 9.18 Å². The summed E-state index contributed by atoms with van der Waals surface area (Å²) < 4.78 is 12.4. The molecule has 78 valence electrons.